The fraction of sp³-hybridized carbons (Fsp3) is 1.00. The smallest absolute Gasteiger partial charge is 0.00645 e. The molecule has 0 aromatic heterocycles. The zero-order valence-corrected chi connectivity index (χ0v) is 6.08. The van der Waals surface area contributed by atoms with Gasteiger partial charge in [-0.3, -0.25) is 0 Å². The molecule has 0 amide bonds. The lowest BCUT2D eigenvalue weighted by Gasteiger charge is -2.05. The lowest BCUT2D eigenvalue weighted by atomic mass is 10.1. The second kappa shape index (κ2) is 3.31. The van der Waals surface area contributed by atoms with Crippen molar-refractivity contribution in [3.63, 3.8) is 0 Å². The summed E-state index contributed by atoms with van der Waals surface area (Å²) in [6.07, 6.45) is 3.95. The predicted octanol–water partition coefficient (Wildman–Crippen LogP) is 1.56. The van der Waals surface area contributed by atoms with Gasteiger partial charge >= 0.3 is 0 Å². The minimum Gasteiger partial charge on any atom is -0.327 e. The van der Waals surface area contributed by atoms with Crippen molar-refractivity contribution in [2.75, 3.05) is 0 Å². The van der Waals surface area contributed by atoms with Crippen LogP contribution in [0.1, 0.15) is 26.2 Å². The van der Waals surface area contributed by atoms with Gasteiger partial charge in [0, 0.05) is 6.04 Å². The van der Waals surface area contributed by atoms with Crippen LogP contribution in [0.3, 0.4) is 0 Å². The monoisotopic (exact) mass is 135 g/mol. The van der Waals surface area contributed by atoms with Gasteiger partial charge in [-0.15, -0.1) is 12.4 Å². The lowest BCUT2D eigenvalue weighted by molar-refractivity contribution is 0.527. The summed E-state index contributed by atoms with van der Waals surface area (Å²) in [7, 11) is 0. The summed E-state index contributed by atoms with van der Waals surface area (Å²) in [5.41, 5.74) is 5.68. The highest BCUT2D eigenvalue weighted by Crippen LogP contribution is 2.22. The molecule has 0 spiro atoms. The normalized spacial score (nSPS) is 36.8. The Hall–Kier alpha value is 0.250. The molecule has 0 aromatic carbocycles. The van der Waals surface area contributed by atoms with Crippen molar-refractivity contribution in [3.05, 3.63) is 0 Å². The van der Waals surface area contributed by atoms with Gasteiger partial charge in [0.05, 0.1) is 0 Å². The van der Waals surface area contributed by atoms with Crippen LogP contribution >= 0.6 is 12.4 Å². The molecule has 1 aliphatic rings. The van der Waals surface area contributed by atoms with Crippen LogP contribution in [0.5, 0.6) is 0 Å². The van der Waals surface area contributed by atoms with Crippen LogP contribution in [0.4, 0.5) is 0 Å². The molecule has 1 unspecified atom stereocenters. The topological polar surface area (TPSA) is 26.0 Å². The molecule has 50 valence electrons. The molecule has 1 aliphatic carbocycles. The second-order valence-corrected chi connectivity index (χ2v) is 2.57. The maximum absolute atomic E-state index is 5.68. The van der Waals surface area contributed by atoms with Crippen molar-refractivity contribution in [3.8, 4) is 0 Å². The Bertz CT molecular complexity index is 57.5. The van der Waals surface area contributed by atoms with Gasteiger partial charge in [-0.25, -0.2) is 0 Å². The minimum absolute atomic E-state index is 0. The van der Waals surface area contributed by atoms with E-state index in [1.165, 1.54) is 19.3 Å². The van der Waals surface area contributed by atoms with E-state index in [1.807, 2.05) is 0 Å². The zero-order valence-electron chi connectivity index (χ0n) is 5.26. The summed E-state index contributed by atoms with van der Waals surface area (Å²) >= 11 is 0. The summed E-state index contributed by atoms with van der Waals surface area (Å²) in [4.78, 5) is 0. The molecule has 0 bridgehead atoms. The maximum Gasteiger partial charge on any atom is 0.00645 e. The van der Waals surface area contributed by atoms with Crippen LogP contribution < -0.4 is 5.73 Å². The van der Waals surface area contributed by atoms with Gasteiger partial charge in [-0.1, -0.05) is 13.3 Å². The molecule has 8 heavy (non-hydrogen) atoms. The summed E-state index contributed by atoms with van der Waals surface area (Å²) in [6.45, 7) is 2.23. The average molecular weight is 136 g/mol. The predicted molar refractivity (Wildman–Crippen MR) is 38.2 cm³/mol. The van der Waals surface area contributed by atoms with E-state index < -0.39 is 0 Å². The number of nitrogens with two attached hydrogens (primary N) is 1. The summed E-state index contributed by atoms with van der Waals surface area (Å²) in [5.74, 6) is 0.792. The summed E-state index contributed by atoms with van der Waals surface area (Å²) in [6, 6.07) is 0.514. The first-order valence-corrected chi connectivity index (χ1v) is 3.06. The molecule has 0 heterocycles. The third kappa shape index (κ3) is 1.64. The third-order valence-electron chi connectivity index (χ3n) is 1.93. The van der Waals surface area contributed by atoms with Crippen LogP contribution in [0.25, 0.3) is 0 Å². The highest BCUT2D eigenvalue weighted by atomic mass is 35.5. The van der Waals surface area contributed by atoms with Crippen LogP contribution in [-0.4, -0.2) is 6.04 Å². The van der Waals surface area contributed by atoms with Crippen molar-refractivity contribution in [1.82, 2.24) is 0 Å². The Morgan fingerprint density at radius 3 is 2.12 bits per heavy atom. The molecule has 0 aromatic rings. The molecule has 2 N–H and O–H groups in total. The fourth-order valence-electron chi connectivity index (χ4n) is 1.17. The van der Waals surface area contributed by atoms with E-state index in [0.29, 0.717) is 6.04 Å². The molecule has 2 atom stereocenters. The van der Waals surface area contributed by atoms with Gasteiger partial charge in [0.1, 0.15) is 0 Å². The van der Waals surface area contributed by atoms with Gasteiger partial charge in [-0.2, -0.15) is 0 Å². The van der Waals surface area contributed by atoms with Crippen molar-refractivity contribution in [2.45, 2.75) is 32.2 Å². The van der Waals surface area contributed by atoms with Gasteiger partial charge in [0.2, 0.25) is 0 Å². The molecule has 1 saturated carbocycles. The fourth-order valence-corrected chi connectivity index (χ4v) is 1.17. The molecule has 1 rings (SSSR count). The van der Waals surface area contributed by atoms with Gasteiger partial charge in [0.15, 0.2) is 0 Å². The Morgan fingerprint density at radius 1 is 1.38 bits per heavy atom. The number of hydrogen-bond donors (Lipinski definition) is 1. The van der Waals surface area contributed by atoms with Crippen LogP contribution in [-0.2, 0) is 0 Å². The number of halogens is 1. The van der Waals surface area contributed by atoms with E-state index in [-0.39, 0.29) is 12.4 Å². The molecule has 0 radical (unpaired) electrons. The van der Waals surface area contributed by atoms with Gasteiger partial charge in [-0.05, 0) is 18.8 Å². The Labute approximate surface area is 57.1 Å². The minimum atomic E-state index is 0. The Kier molecular flexibility index (Phi) is 3.41. The number of rotatable bonds is 0. The lowest BCUT2D eigenvalue weighted by Crippen LogP contribution is -2.21. The van der Waals surface area contributed by atoms with E-state index in [4.69, 9.17) is 5.73 Å². The van der Waals surface area contributed by atoms with E-state index in [0.717, 1.165) is 5.92 Å². The first-order valence-electron chi connectivity index (χ1n) is 3.06. The van der Waals surface area contributed by atoms with Crippen molar-refractivity contribution < 1.29 is 0 Å². The Morgan fingerprint density at radius 2 is 2.00 bits per heavy atom. The zero-order chi connectivity index (χ0) is 5.28. The van der Waals surface area contributed by atoms with Gasteiger partial charge in [0.25, 0.3) is 0 Å². The highest BCUT2D eigenvalue weighted by Gasteiger charge is 2.18. The maximum atomic E-state index is 5.68. The largest absolute Gasteiger partial charge is 0.327 e. The summed E-state index contributed by atoms with van der Waals surface area (Å²) in [5, 5.41) is 0. The second-order valence-electron chi connectivity index (χ2n) is 2.57. The van der Waals surface area contributed by atoms with E-state index in [1.54, 1.807) is 0 Å². The van der Waals surface area contributed by atoms with Crippen LogP contribution in [0.15, 0.2) is 0 Å². The van der Waals surface area contributed by atoms with Crippen LogP contribution in [0, 0.1) is 5.92 Å². The third-order valence-corrected chi connectivity index (χ3v) is 1.93. The van der Waals surface area contributed by atoms with Crippen molar-refractivity contribution >= 4 is 12.4 Å². The van der Waals surface area contributed by atoms with E-state index in [9.17, 15) is 0 Å². The van der Waals surface area contributed by atoms with Crippen molar-refractivity contribution in [1.29, 1.82) is 0 Å². The summed E-state index contributed by atoms with van der Waals surface area (Å²) < 4.78 is 0. The molecule has 0 saturated heterocycles. The molecule has 1 fully saturated rings. The average Bonchev–Trinajstić information content (AvgIpc) is 1.91. The van der Waals surface area contributed by atoms with Gasteiger partial charge < -0.3 is 5.73 Å². The quantitative estimate of drug-likeness (QED) is 0.536. The highest BCUT2D eigenvalue weighted by molar-refractivity contribution is 5.85. The molecule has 2 heteroatoms. The molecule has 1 nitrogen and oxygen atoms in total. The van der Waals surface area contributed by atoms with E-state index >= 15 is 0 Å². The Balaban J connectivity index is 0.000000490. The molecule has 0 aliphatic heterocycles. The van der Waals surface area contributed by atoms with E-state index in [2.05, 4.69) is 6.92 Å². The molecular formula is C6H14ClN. The first-order chi connectivity index (χ1) is 3.30. The van der Waals surface area contributed by atoms with Crippen LogP contribution in [0.2, 0.25) is 0 Å². The standard InChI is InChI=1S/C6H13N.ClH/c1-5-3-2-4-6(5)7;/h5-6H,2-4,7H2,1H3;1H/t5?,6-;/m1./s1. The first kappa shape index (κ1) is 8.25. The molecular weight excluding hydrogens is 122 g/mol. The number of hydrogen-bond acceptors (Lipinski definition) is 1. The SMILES string of the molecule is CC1CCC[C@H]1N.Cl. The van der Waals surface area contributed by atoms with Crippen molar-refractivity contribution in [2.24, 2.45) is 11.7 Å².